The van der Waals surface area contributed by atoms with E-state index in [9.17, 15) is 27.2 Å². The van der Waals surface area contributed by atoms with Crippen molar-refractivity contribution in [3.05, 3.63) is 62.9 Å². The molecule has 0 fully saturated rings. The highest BCUT2D eigenvalue weighted by Crippen LogP contribution is 2.21. The molecule has 31 heavy (non-hydrogen) atoms. The SMILES string of the molecule is C=C(CCNc1c(Cl)cnn(CC(F)(F)F)c1=O)NC(=O)COc1ccc(Cl)c(F)c1. The lowest BCUT2D eigenvalue weighted by atomic mass is 10.3. The lowest BCUT2D eigenvalue weighted by Crippen LogP contribution is -2.32. The summed E-state index contributed by atoms with van der Waals surface area (Å²) in [6, 6.07) is 3.70. The number of alkyl halides is 3. The van der Waals surface area contributed by atoms with Crippen LogP contribution in [-0.2, 0) is 11.3 Å². The van der Waals surface area contributed by atoms with Gasteiger partial charge in [0.25, 0.3) is 11.5 Å². The number of ether oxygens (including phenoxy) is 1. The molecule has 1 aromatic heterocycles. The van der Waals surface area contributed by atoms with E-state index in [2.05, 4.69) is 22.3 Å². The quantitative estimate of drug-likeness (QED) is 0.531. The second-order valence-corrected chi connectivity index (χ2v) is 6.95. The fourth-order valence-corrected chi connectivity index (χ4v) is 2.57. The molecule has 0 bridgehead atoms. The molecule has 2 N–H and O–H groups in total. The van der Waals surface area contributed by atoms with Crippen LogP contribution in [0, 0.1) is 5.82 Å². The number of halogens is 6. The number of carbonyl (C=O) groups excluding carboxylic acids is 1. The first kappa shape index (κ1) is 24.5. The maximum atomic E-state index is 13.3. The number of anilines is 1. The number of aromatic nitrogens is 2. The largest absolute Gasteiger partial charge is 0.484 e. The van der Waals surface area contributed by atoms with Gasteiger partial charge < -0.3 is 15.4 Å². The maximum absolute atomic E-state index is 13.3. The predicted octanol–water partition coefficient (Wildman–Crippen LogP) is 3.76. The minimum absolute atomic E-state index is 0.0351. The molecular formula is C18H16Cl2F4N4O3. The molecule has 1 amide bonds. The first-order valence-corrected chi connectivity index (χ1v) is 9.33. The third-order valence-corrected chi connectivity index (χ3v) is 4.23. The summed E-state index contributed by atoms with van der Waals surface area (Å²) in [6.07, 6.45) is -3.58. The van der Waals surface area contributed by atoms with E-state index >= 15 is 0 Å². The molecule has 1 aromatic carbocycles. The van der Waals surface area contributed by atoms with Crippen LogP contribution in [0.15, 0.2) is 41.5 Å². The van der Waals surface area contributed by atoms with Crippen molar-refractivity contribution >= 4 is 34.8 Å². The third kappa shape index (κ3) is 7.76. The molecule has 2 rings (SSSR count). The number of hydrogen-bond donors (Lipinski definition) is 2. The van der Waals surface area contributed by atoms with Crippen LogP contribution in [0.2, 0.25) is 10.0 Å². The van der Waals surface area contributed by atoms with Crippen molar-refractivity contribution in [2.45, 2.75) is 19.1 Å². The molecule has 0 radical (unpaired) electrons. The smallest absolute Gasteiger partial charge is 0.408 e. The second-order valence-electron chi connectivity index (χ2n) is 6.14. The standard InChI is InChI=1S/C18H16Cl2F4N4O3/c1-10(27-15(29)8-31-11-2-3-12(19)14(21)6-11)4-5-25-16-13(20)7-26-28(17(16)30)9-18(22,23)24/h2-3,6-7,25H,1,4-5,8-9H2,(H,27,29). The Morgan fingerprint density at radius 1 is 1.26 bits per heavy atom. The van der Waals surface area contributed by atoms with E-state index in [0.717, 1.165) is 12.3 Å². The Morgan fingerprint density at radius 3 is 2.61 bits per heavy atom. The number of benzene rings is 1. The molecule has 168 valence electrons. The minimum atomic E-state index is -4.62. The van der Waals surface area contributed by atoms with Crippen LogP contribution in [-0.4, -0.2) is 35.0 Å². The van der Waals surface area contributed by atoms with Gasteiger partial charge in [0.2, 0.25) is 0 Å². The molecule has 0 spiro atoms. The summed E-state index contributed by atoms with van der Waals surface area (Å²) in [6.45, 7) is 1.69. The lowest BCUT2D eigenvalue weighted by Gasteiger charge is -2.13. The molecular weight excluding hydrogens is 467 g/mol. The highest BCUT2D eigenvalue weighted by Gasteiger charge is 2.29. The van der Waals surface area contributed by atoms with Crippen LogP contribution in [0.25, 0.3) is 0 Å². The molecule has 0 aliphatic carbocycles. The Balaban J connectivity index is 1.83. The van der Waals surface area contributed by atoms with Crippen LogP contribution in [0.3, 0.4) is 0 Å². The lowest BCUT2D eigenvalue weighted by molar-refractivity contribution is -0.143. The number of hydrogen-bond acceptors (Lipinski definition) is 5. The highest BCUT2D eigenvalue weighted by molar-refractivity contribution is 6.33. The van der Waals surface area contributed by atoms with Crippen molar-refractivity contribution < 1.29 is 27.1 Å². The predicted molar refractivity (Wildman–Crippen MR) is 107 cm³/mol. The monoisotopic (exact) mass is 482 g/mol. The van der Waals surface area contributed by atoms with Crippen molar-refractivity contribution in [3.8, 4) is 5.75 Å². The van der Waals surface area contributed by atoms with Gasteiger partial charge in [-0.05, 0) is 12.1 Å². The molecule has 2 aromatic rings. The van der Waals surface area contributed by atoms with Gasteiger partial charge in [0.15, 0.2) is 6.61 Å². The first-order chi connectivity index (χ1) is 14.5. The van der Waals surface area contributed by atoms with Gasteiger partial charge in [0.05, 0.1) is 16.2 Å². The molecule has 13 heteroatoms. The van der Waals surface area contributed by atoms with Crippen LogP contribution in [0.4, 0.5) is 23.2 Å². The topological polar surface area (TPSA) is 85.3 Å². The Bertz CT molecular complexity index is 1030. The number of nitrogens with zero attached hydrogens (tertiary/aromatic N) is 2. The number of rotatable bonds is 9. The fourth-order valence-electron chi connectivity index (χ4n) is 2.26. The van der Waals surface area contributed by atoms with Crippen LogP contribution in [0.5, 0.6) is 5.75 Å². The van der Waals surface area contributed by atoms with Crippen LogP contribution >= 0.6 is 23.2 Å². The fraction of sp³-hybridized carbons (Fsp3) is 0.278. The number of carbonyl (C=O) groups is 1. The summed E-state index contributed by atoms with van der Waals surface area (Å²) < 4.78 is 56.2. The zero-order valence-electron chi connectivity index (χ0n) is 15.7. The van der Waals surface area contributed by atoms with E-state index in [-0.39, 0.29) is 44.8 Å². The summed E-state index contributed by atoms with van der Waals surface area (Å²) >= 11 is 11.4. The van der Waals surface area contributed by atoms with Crippen molar-refractivity contribution in [2.24, 2.45) is 0 Å². The zero-order chi connectivity index (χ0) is 23.2. The third-order valence-electron chi connectivity index (χ3n) is 3.63. The zero-order valence-corrected chi connectivity index (χ0v) is 17.2. The summed E-state index contributed by atoms with van der Waals surface area (Å²) in [7, 11) is 0. The molecule has 0 aliphatic heterocycles. The van der Waals surface area contributed by atoms with Crippen LogP contribution < -0.4 is 20.9 Å². The average Bonchev–Trinajstić information content (AvgIpc) is 2.67. The van der Waals surface area contributed by atoms with E-state index in [0.29, 0.717) is 0 Å². The molecule has 0 aliphatic rings. The van der Waals surface area contributed by atoms with Crippen molar-refractivity contribution in [3.63, 3.8) is 0 Å². The van der Waals surface area contributed by atoms with Gasteiger partial charge in [0, 0.05) is 24.7 Å². The van der Waals surface area contributed by atoms with Crippen molar-refractivity contribution in [2.75, 3.05) is 18.5 Å². The molecule has 1 heterocycles. The average molecular weight is 483 g/mol. The van der Waals surface area contributed by atoms with E-state index in [4.69, 9.17) is 27.9 Å². The van der Waals surface area contributed by atoms with Gasteiger partial charge in [-0.3, -0.25) is 9.59 Å². The Kier molecular flexibility index (Phi) is 8.28. The Hall–Kier alpha value is -2.79. The van der Waals surface area contributed by atoms with E-state index in [1.54, 1.807) is 0 Å². The van der Waals surface area contributed by atoms with Gasteiger partial charge in [-0.25, -0.2) is 9.07 Å². The molecule has 0 atom stereocenters. The molecule has 0 saturated heterocycles. The summed E-state index contributed by atoms with van der Waals surface area (Å²) in [5.41, 5.74) is -1.06. The van der Waals surface area contributed by atoms with E-state index in [1.165, 1.54) is 12.1 Å². The Morgan fingerprint density at radius 2 is 1.97 bits per heavy atom. The van der Waals surface area contributed by atoms with E-state index < -0.39 is 36.6 Å². The van der Waals surface area contributed by atoms with Crippen molar-refractivity contribution in [1.82, 2.24) is 15.1 Å². The van der Waals surface area contributed by atoms with Gasteiger partial charge in [0.1, 0.15) is 23.8 Å². The summed E-state index contributed by atoms with van der Waals surface area (Å²) in [5, 5.41) is 8.17. The number of amides is 1. The van der Waals surface area contributed by atoms with E-state index in [1.807, 2.05) is 0 Å². The molecule has 7 nitrogen and oxygen atoms in total. The molecule has 0 saturated carbocycles. The Labute approximate surface area is 183 Å². The van der Waals surface area contributed by atoms with Crippen LogP contribution in [0.1, 0.15) is 6.42 Å². The molecule has 0 unspecified atom stereocenters. The first-order valence-electron chi connectivity index (χ1n) is 8.58. The number of nitrogens with one attached hydrogen (secondary N) is 2. The normalized spacial score (nSPS) is 11.2. The summed E-state index contributed by atoms with van der Waals surface area (Å²) in [4.78, 5) is 24.0. The van der Waals surface area contributed by atoms with Gasteiger partial charge in [-0.15, -0.1) is 0 Å². The summed E-state index contributed by atoms with van der Waals surface area (Å²) in [5.74, 6) is -1.17. The van der Waals surface area contributed by atoms with Gasteiger partial charge in [-0.1, -0.05) is 29.8 Å². The van der Waals surface area contributed by atoms with Gasteiger partial charge in [-0.2, -0.15) is 18.3 Å². The maximum Gasteiger partial charge on any atom is 0.408 e. The van der Waals surface area contributed by atoms with Crippen molar-refractivity contribution in [1.29, 1.82) is 0 Å². The highest BCUT2D eigenvalue weighted by atomic mass is 35.5. The second kappa shape index (κ2) is 10.5. The van der Waals surface area contributed by atoms with Gasteiger partial charge >= 0.3 is 6.18 Å². The minimum Gasteiger partial charge on any atom is -0.484 e.